The molecule has 148 valence electrons. The Hall–Kier alpha value is -2.08. The third-order valence-corrected chi connectivity index (χ3v) is 5.51. The van der Waals surface area contributed by atoms with E-state index in [1.807, 2.05) is 13.8 Å². The van der Waals surface area contributed by atoms with E-state index in [0.29, 0.717) is 36.5 Å². The molecule has 0 radical (unpaired) electrons. The largest absolute Gasteiger partial charge is 0.481 e. The fourth-order valence-corrected chi connectivity index (χ4v) is 3.44. The zero-order chi connectivity index (χ0) is 20.0. The first-order valence-electron chi connectivity index (χ1n) is 9.38. The van der Waals surface area contributed by atoms with E-state index >= 15 is 0 Å². The van der Waals surface area contributed by atoms with Crippen molar-refractivity contribution in [2.24, 2.45) is 11.8 Å². The molecule has 27 heavy (non-hydrogen) atoms. The maximum Gasteiger partial charge on any atom is 0.303 e. The Bertz CT molecular complexity index is 669. The first-order valence-corrected chi connectivity index (χ1v) is 9.76. The van der Waals surface area contributed by atoms with E-state index in [4.69, 9.17) is 16.7 Å². The number of piperidine rings is 1. The standard InChI is InChI=1S/C20H27ClN2O4/c1-3-13(2)18(22-19(26)15-4-6-16(21)7-5-15)20(27)23-10-8-14(9-11-23)12-17(24)25/h4-7,13-14,18H,3,8-12H2,1-2H3,(H,22,26)(H,24,25). The van der Waals surface area contributed by atoms with Crippen LogP contribution in [0.4, 0.5) is 0 Å². The summed E-state index contributed by atoms with van der Waals surface area (Å²) in [5, 5.41) is 12.3. The summed E-state index contributed by atoms with van der Waals surface area (Å²) < 4.78 is 0. The number of nitrogens with one attached hydrogen (secondary N) is 1. The summed E-state index contributed by atoms with van der Waals surface area (Å²) >= 11 is 5.86. The highest BCUT2D eigenvalue weighted by Gasteiger charge is 2.32. The molecule has 1 aliphatic heterocycles. The zero-order valence-electron chi connectivity index (χ0n) is 15.8. The number of aliphatic carboxylic acids is 1. The molecule has 0 aliphatic carbocycles. The molecule has 2 amide bonds. The van der Waals surface area contributed by atoms with Crippen LogP contribution in [0.2, 0.25) is 5.02 Å². The normalized spacial score (nSPS) is 17.2. The lowest BCUT2D eigenvalue weighted by molar-refractivity contribution is -0.139. The number of likely N-dealkylation sites (tertiary alicyclic amines) is 1. The molecular formula is C20H27ClN2O4. The molecule has 1 saturated heterocycles. The quantitative estimate of drug-likeness (QED) is 0.743. The Morgan fingerprint density at radius 1 is 1.22 bits per heavy atom. The van der Waals surface area contributed by atoms with Gasteiger partial charge in [0.15, 0.2) is 0 Å². The number of carbonyl (C=O) groups excluding carboxylic acids is 2. The Labute approximate surface area is 164 Å². The molecule has 7 heteroatoms. The van der Waals surface area contributed by atoms with Crippen LogP contribution in [-0.2, 0) is 9.59 Å². The van der Waals surface area contributed by atoms with Gasteiger partial charge in [-0.3, -0.25) is 14.4 Å². The number of carboxylic acids is 1. The van der Waals surface area contributed by atoms with E-state index in [1.165, 1.54) is 0 Å². The molecule has 0 spiro atoms. The molecule has 1 fully saturated rings. The van der Waals surface area contributed by atoms with Crippen LogP contribution in [0.25, 0.3) is 0 Å². The fraction of sp³-hybridized carbons (Fsp3) is 0.550. The van der Waals surface area contributed by atoms with Gasteiger partial charge in [-0.15, -0.1) is 0 Å². The molecule has 1 aromatic carbocycles. The smallest absolute Gasteiger partial charge is 0.303 e. The predicted octanol–water partition coefficient (Wildman–Crippen LogP) is 3.20. The summed E-state index contributed by atoms with van der Waals surface area (Å²) in [5.74, 6) is -1.10. The van der Waals surface area contributed by atoms with Gasteiger partial charge in [0.05, 0.1) is 0 Å². The summed E-state index contributed by atoms with van der Waals surface area (Å²) in [6.07, 6.45) is 2.25. The van der Waals surface area contributed by atoms with Crippen LogP contribution in [0, 0.1) is 11.8 Å². The summed E-state index contributed by atoms with van der Waals surface area (Å²) in [6.45, 7) is 4.99. The third-order valence-electron chi connectivity index (χ3n) is 5.26. The lowest BCUT2D eigenvalue weighted by Gasteiger charge is -2.35. The van der Waals surface area contributed by atoms with Crippen molar-refractivity contribution in [2.45, 2.75) is 45.6 Å². The molecule has 0 bridgehead atoms. The van der Waals surface area contributed by atoms with Crippen molar-refractivity contribution in [1.29, 1.82) is 0 Å². The van der Waals surface area contributed by atoms with Gasteiger partial charge in [0.2, 0.25) is 5.91 Å². The number of halogens is 1. The van der Waals surface area contributed by atoms with Gasteiger partial charge in [0, 0.05) is 30.1 Å². The highest BCUT2D eigenvalue weighted by molar-refractivity contribution is 6.30. The fourth-order valence-electron chi connectivity index (χ4n) is 3.31. The Balaban J connectivity index is 2.03. The molecule has 2 atom stereocenters. The van der Waals surface area contributed by atoms with Gasteiger partial charge in [-0.05, 0) is 48.9 Å². The molecule has 1 aliphatic rings. The van der Waals surface area contributed by atoms with Crippen molar-refractivity contribution < 1.29 is 19.5 Å². The monoisotopic (exact) mass is 394 g/mol. The minimum absolute atomic E-state index is 0.00880. The molecular weight excluding hydrogens is 368 g/mol. The molecule has 2 unspecified atom stereocenters. The molecule has 0 aromatic heterocycles. The van der Waals surface area contributed by atoms with Crippen LogP contribution in [-0.4, -0.2) is 46.9 Å². The van der Waals surface area contributed by atoms with Crippen molar-refractivity contribution in [3.8, 4) is 0 Å². The second kappa shape index (κ2) is 9.74. The summed E-state index contributed by atoms with van der Waals surface area (Å²) in [4.78, 5) is 38.2. The van der Waals surface area contributed by atoms with E-state index < -0.39 is 12.0 Å². The van der Waals surface area contributed by atoms with Crippen LogP contribution in [0.5, 0.6) is 0 Å². The SMILES string of the molecule is CCC(C)C(NC(=O)c1ccc(Cl)cc1)C(=O)N1CCC(CC(=O)O)CC1. The zero-order valence-corrected chi connectivity index (χ0v) is 16.5. The summed E-state index contributed by atoms with van der Waals surface area (Å²) in [7, 11) is 0. The third kappa shape index (κ3) is 5.96. The van der Waals surface area contributed by atoms with Gasteiger partial charge < -0.3 is 15.3 Å². The number of rotatable bonds is 7. The molecule has 6 nitrogen and oxygen atoms in total. The van der Waals surface area contributed by atoms with E-state index in [-0.39, 0.29) is 30.1 Å². The van der Waals surface area contributed by atoms with Gasteiger partial charge in [0.1, 0.15) is 6.04 Å². The minimum atomic E-state index is -0.799. The molecule has 1 aromatic rings. The number of hydrogen-bond acceptors (Lipinski definition) is 3. The number of hydrogen-bond donors (Lipinski definition) is 2. The van der Waals surface area contributed by atoms with E-state index in [0.717, 1.165) is 6.42 Å². The predicted molar refractivity (Wildman–Crippen MR) is 104 cm³/mol. The maximum absolute atomic E-state index is 13.0. The summed E-state index contributed by atoms with van der Waals surface area (Å²) in [6, 6.07) is 5.95. The summed E-state index contributed by atoms with van der Waals surface area (Å²) in [5.41, 5.74) is 0.459. The van der Waals surface area contributed by atoms with E-state index in [2.05, 4.69) is 5.32 Å². The van der Waals surface area contributed by atoms with Gasteiger partial charge in [-0.25, -0.2) is 0 Å². The van der Waals surface area contributed by atoms with Crippen molar-refractivity contribution >= 4 is 29.4 Å². The minimum Gasteiger partial charge on any atom is -0.481 e. The van der Waals surface area contributed by atoms with Crippen LogP contribution in [0.3, 0.4) is 0 Å². The number of nitrogens with zero attached hydrogens (tertiary/aromatic N) is 1. The second-order valence-electron chi connectivity index (χ2n) is 7.21. The Morgan fingerprint density at radius 3 is 2.33 bits per heavy atom. The van der Waals surface area contributed by atoms with Gasteiger partial charge in [-0.1, -0.05) is 31.9 Å². The van der Waals surface area contributed by atoms with Crippen molar-refractivity contribution in [1.82, 2.24) is 10.2 Å². The molecule has 0 saturated carbocycles. The van der Waals surface area contributed by atoms with Crippen LogP contribution in [0.15, 0.2) is 24.3 Å². The average molecular weight is 395 g/mol. The van der Waals surface area contributed by atoms with Crippen LogP contribution < -0.4 is 5.32 Å². The molecule has 2 N–H and O–H groups in total. The maximum atomic E-state index is 13.0. The van der Waals surface area contributed by atoms with E-state index in [9.17, 15) is 14.4 Å². The van der Waals surface area contributed by atoms with Gasteiger partial charge >= 0.3 is 5.97 Å². The first-order chi connectivity index (χ1) is 12.8. The van der Waals surface area contributed by atoms with Crippen molar-refractivity contribution in [2.75, 3.05) is 13.1 Å². The highest BCUT2D eigenvalue weighted by Crippen LogP contribution is 2.22. The highest BCUT2D eigenvalue weighted by atomic mass is 35.5. The lowest BCUT2D eigenvalue weighted by atomic mass is 9.91. The number of benzene rings is 1. The van der Waals surface area contributed by atoms with Gasteiger partial charge in [0.25, 0.3) is 5.91 Å². The van der Waals surface area contributed by atoms with E-state index in [1.54, 1.807) is 29.2 Å². The second-order valence-corrected chi connectivity index (χ2v) is 7.65. The van der Waals surface area contributed by atoms with Crippen molar-refractivity contribution in [3.63, 3.8) is 0 Å². The van der Waals surface area contributed by atoms with Crippen LogP contribution in [0.1, 0.15) is 49.9 Å². The van der Waals surface area contributed by atoms with Crippen molar-refractivity contribution in [3.05, 3.63) is 34.9 Å². The number of carboxylic acid groups (broad SMARTS) is 1. The Morgan fingerprint density at radius 2 is 1.81 bits per heavy atom. The Kier molecular flexibility index (Phi) is 7.66. The lowest BCUT2D eigenvalue weighted by Crippen LogP contribution is -2.53. The topological polar surface area (TPSA) is 86.7 Å². The van der Waals surface area contributed by atoms with Crippen LogP contribution >= 0.6 is 11.6 Å². The number of carbonyl (C=O) groups is 3. The first kappa shape index (κ1) is 21.2. The average Bonchev–Trinajstić information content (AvgIpc) is 2.65. The number of amides is 2. The van der Waals surface area contributed by atoms with Gasteiger partial charge in [-0.2, -0.15) is 0 Å². The molecule has 2 rings (SSSR count). The molecule has 1 heterocycles.